The topological polar surface area (TPSA) is 77.6 Å². The van der Waals surface area contributed by atoms with Crippen molar-refractivity contribution in [2.24, 2.45) is 5.92 Å². The van der Waals surface area contributed by atoms with Crippen molar-refractivity contribution in [2.75, 3.05) is 5.32 Å². The fourth-order valence-electron chi connectivity index (χ4n) is 3.39. The summed E-state index contributed by atoms with van der Waals surface area (Å²) in [7, 11) is 0. The molecule has 0 saturated carbocycles. The number of imidazole rings is 1. The number of hydrogen-bond donors (Lipinski definition) is 1. The molecule has 30 heavy (non-hydrogen) atoms. The summed E-state index contributed by atoms with van der Waals surface area (Å²) in [6, 6.07) is 6.89. The van der Waals surface area contributed by atoms with Crippen molar-refractivity contribution in [2.45, 2.75) is 26.4 Å². The van der Waals surface area contributed by atoms with Crippen LogP contribution in [0.4, 0.5) is 14.6 Å². The average molecular weight is 410 g/mol. The third kappa shape index (κ3) is 3.91. The highest BCUT2D eigenvalue weighted by molar-refractivity contribution is 5.94. The van der Waals surface area contributed by atoms with E-state index in [0.29, 0.717) is 17.9 Å². The molecule has 1 aromatic carbocycles. The van der Waals surface area contributed by atoms with Crippen LogP contribution in [0.15, 0.2) is 55.2 Å². The lowest BCUT2D eigenvalue weighted by molar-refractivity contribution is -0.120. The minimum Gasteiger partial charge on any atom is -0.318 e. The van der Waals surface area contributed by atoms with Gasteiger partial charge in [0.1, 0.15) is 6.04 Å². The van der Waals surface area contributed by atoms with Crippen molar-refractivity contribution >= 4 is 22.8 Å². The number of fused-ring (bicyclic) bond motifs is 1. The van der Waals surface area contributed by atoms with Crippen LogP contribution in [0, 0.1) is 17.6 Å². The first-order valence-corrected chi connectivity index (χ1v) is 9.47. The molecule has 4 rings (SSSR count). The van der Waals surface area contributed by atoms with E-state index >= 15 is 0 Å². The number of amides is 1. The predicted molar refractivity (Wildman–Crippen MR) is 108 cm³/mol. The third-order valence-electron chi connectivity index (χ3n) is 4.80. The molecule has 1 unspecified atom stereocenters. The first kappa shape index (κ1) is 19.7. The van der Waals surface area contributed by atoms with Crippen molar-refractivity contribution in [3.63, 3.8) is 0 Å². The Balaban J connectivity index is 1.56. The van der Waals surface area contributed by atoms with Gasteiger partial charge in [0.2, 0.25) is 5.91 Å². The number of benzene rings is 1. The molecular weight excluding hydrogens is 390 g/mol. The molecule has 154 valence electrons. The molecular formula is C21H20F2N6O. The van der Waals surface area contributed by atoms with Crippen LogP contribution in [0.1, 0.15) is 25.5 Å². The maximum Gasteiger partial charge on any atom is 0.248 e. The lowest BCUT2D eigenvalue weighted by Crippen LogP contribution is -2.29. The molecule has 4 aromatic rings. The van der Waals surface area contributed by atoms with E-state index in [9.17, 15) is 13.6 Å². The summed E-state index contributed by atoms with van der Waals surface area (Å²) in [5.41, 5.74) is 1.67. The number of rotatable bonds is 6. The Labute approximate surface area is 171 Å². The second-order valence-electron chi connectivity index (χ2n) is 7.34. The van der Waals surface area contributed by atoms with Crippen molar-refractivity contribution in [1.82, 2.24) is 24.3 Å². The molecule has 0 aliphatic carbocycles. The van der Waals surface area contributed by atoms with E-state index in [1.165, 1.54) is 6.33 Å². The molecule has 0 saturated heterocycles. The normalized spacial score (nSPS) is 12.4. The first-order chi connectivity index (χ1) is 14.4. The van der Waals surface area contributed by atoms with Crippen LogP contribution in [-0.2, 0) is 11.3 Å². The van der Waals surface area contributed by atoms with Gasteiger partial charge in [-0.05, 0) is 23.6 Å². The zero-order chi connectivity index (χ0) is 21.3. The highest BCUT2D eigenvalue weighted by Gasteiger charge is 2.27. The van der Waals surface area contributed by atoms with Gasteiger partial charge in [-0.15, -0.1) is 0 Å². The van der Waals surface area contributed by atoms with E-state index < -0.39 is 17.7 Å². The molecule has 9 heteroatoms. The van der Waals surface area contributed by atoms with Gasteiger partial charge in [-0.2, -0.15) is 5.10 Å². The fraction of sp³-hybridized carbons (Fsp3) is 0.238. The summed E-state index contributed by atoms with van der Waals surface area (Å²) in [6.45, 7) is 4.29. The van der Waals surface area contributed by atoms with Crippen LogP contribution in [0.25, 0.3) is 11.0 Å². The minimum absolute atomic E-state index is 0.130. The molecule has 0 spiro atoms. The zero-order valence-corrected chi connectivity index (χ0v) is 16.5. The van der Waals surface area contributed by atoms with E-state index in [1.807, 2.05) is 26.0 Å². The molecule has 1 N–H and O–H groups in total. The van der Waals surface area contributed by atoms with Gasteiger partial charge in [-0.3, -0.25) is 14.5 Å². The molecule has 0 aliphatic rings. The summed E-state index contributed by atoms with van der Waals surface area (Å²) in [6.07, 6.45) is 6.61. The van der Waals surface area contributed by atoms with Crippen LogP contribution in [0.2, 0.25) is 0 Å². The van der Waals surface area contributed by atoms with Crippen LogP contribution < -0.4 is 5.32 Å². The Morgan fingerprint density at radius 3 is 2.60 bits per heavy atom. The molecule has 0 fully saturated rings. The summed E-state index contributed by atoms with van der Waals surface area (Å²) >= 11 is 0. The number of halogens is 2. The Morgan fingerprint density at radius 1 is 1.13 bits per heavy atom. The minimum atomic E-state index is -0.984. The molecule has 1 amide bonds. The maximum atomic E-state index is 13.8. The smallest absolute Gasteiger partial charge is 0.248 e. The van der Waals surface area contributed by atoms with Crippen molar-refractivity contribution in [1.29, 1.82) is 0 Å². The predicted octanol–water partition coefficient (Wildman–Crippen LogP) is 3.79. The van der Waals surface area contributed by atoms with E-state index in [-0.39, 0.29) is 17.3 Å². The van der Waals surface area contributed by atoms with Crippen molar-refractivity contribution in [3.8, 4) is 0 Å². The summed E-state index contributed by atoms with van der Waals surface area (Å²) in [4.78, 5) is 21.1. The van der Waals surface area contributed by atoms with Gasteiger partial charge in [0.25, 0.3) is 0 Å². The van der Waals surface area contributed by atoms with Crippen LogP contribution in [0.5, 0.6) is 0 Å². The van der Waals surface area contributed by atoms with Gasteiger partial charge >= 0.3 is 0 Å². The van der Waals surface area contributed by atoms with Gasteiger partial charge in [-0.1, -0.05) is 13.8 Å². The number of anilines is 1. The summed E-state index contributed by atoms with van der Waals surface area (Å²) in [5, 5.41) is 7.20. The fourth-order valence-corrected chi connectivity index (χ4v) is 3.39. The largest absolute Gasteiger partial charge is 0.318 e. The van der Waals surface area contributed by atoms with Gasteiger partial charge in [0, 0.05) is 36.8 Å². The number of hydrogen-bond acceptors (Lipinski definition) is 4. The number of carbonyl (C=O) groups is 1. The second-order valence-corrected chi connectivity index (χ2v) is 7.34. The standard InChI is InChI=1S/C21H20F2N6O/c1-13(2)20(29-12-25-17-9-15(22)16(23)10-18(17)29)21(30)26-19-5-8-28(27-19)11-14-3-6-24-7-4-14/h3-10,12-13,20H,11H2,1-2H3,(H,26,27,30). The Bertz CT molecular complexity index is 1180. The SMILES string of the molecule is CC(C)C(C(=O)Nc1ccn(Cc2ccncc2)n1)n1cnc2cc(F)c(F)cc21. The quantitative estimate of drug-likeness (QED) is 0.525. The average Bonchev–Trinajstić information content (AvgIpc) is 3.30. The number of nitrogens with one attached hydrogen (secondary N) is 1. The molecule has 0 radical (unpaired) electrons. The molecule has 0 bridgehead atoms. The Morgan fingerprint density at radius 2 is 1.87 bits per heavy atom. The second kappa shape index (κ2) is 8.02. The molecule has 0 aliphatic heterocycles. The highest BCUT2D eigenvalue weighted by atomic mass is 19.2. The maximum absolute atomic E-state index is 13.8. The summed E-state index contributed by atoms with van der Waals surface area (Å²) < 4.78 is 30.5. The van der Waals surface area contributed by atoms with E-state index in [1.54, 1.807) is 33.9 Å². The van der Waals surface area contributed by atoms with Gasteiger partial charge in [-0.25, -0.2) is 13.8 Å². The van der Waals surface area contributed by atoms with Gasteiger partial charge < -0.3 is 9.88 Å². The van der Waals surface area contributed by atoms with Gasteiger partial charge in [0.05, 0.1) is 23.9 Å². The number of nitrogens with zero attached hydrogens (tertiary/aromatic N) is 5. The number of aromatic nitrogens is 5. The highest BCUT2D eigenvalue weighted by Crippen LogP contribution is 2.26. The zero-order valence-electron chi connectivity index (χ0n) is 16.5. The lowest BCUT2D eigenvalue weighted by Gasteiger charge is -2.22. The van der Waals surface area contributed by atoms with Crippen molar-refractivity contribution in [3.05, 3.63) is 72.4 Å². The van der Waals surface area contributed by atoms with Gasteiger partial charge in [0.15, 0.2) is 17.5 Å². The van der Waals surface area contributed by atoms with Crippen LogP contribution in [0.3, 0.4) is 0 Å². The first-order valence-electron chi connectivity index (χ1n) is 9.47. The van der Waals surface area contributed by atoms with Crippen molar-refractivity contribution < 1.29 is 13.6 Å². The Kier molecular flexibility index (Phi) is 5.26. The molecule has 3 heterocycles. The number of carbonyl (C=O) groups excluding carboxylic acids is 1. The molecule has 1 atom stereocenters. The van der Waals surface area contributed by atoms with E-state index in [2.05, 4.69) is 20.4 Å². The molecule has 7 nitrogen and oxygen atoms in total. The van der Waals surface area contributed by atoms with Crippen LogP contribution >= 0.6 is 0 Å². The summed E-state index contributed by atoms with van der Waals surface area (Å²) in [5.74, 6) is -2.00. The lowest BCUT2D eigenvalue weighted by atomic mass is 10.0. The van der Waals surface area contributed by atoms with Crippen LogP contribution in [-0.4, -0.2) is 30.2 Å². The monoisotopic (exact) mass is 410 g/mol. The number of pyridine rings is 1. The van der Waals surface area contributed by atoms with E-state index in [4.69, 9.17) is 0 Å². The Hall–Kier alpha value is -3.62. The molecule has 3 aromatic heterocycles. The third-order valence-corrected chi connectivity index (χ3v) is 4.80. The van der Waals surface area contributed by atoms with E-state index in [0.717, 1.165) is 17.7 Å².